The highest BCUT2D eigenvalue weighted by Crippen LogP contribution is 2.03. The van der Waals surface area contributed by atoms with Crippen LogP contribution in [0.25, 0.3) is 0 Å². The van der Waals surface area contributed by atoms with E-state index in [0.717, 1.165) is 32.0 Å². The van der Waals surface area contributed by atoms with Crippen LogP contribution in [-0.2, 0) is 6.42 Å². The molecule has 0 unspecified atom stereocenters. The highest BCUT2D eigenvalue weighted by atomic mass is 15.2. The second-order valence-electron chi connectivity index (χ2n) is 5.96. The van der Waals surface area contributed by atoms with Gasteiger partial charge in [0.25, 0.3) is 0 Å². The first kappa shape index (κ1) is 18.4. The summed E-state index contributed by atoms with van der Waals surface area (Å²) in [5.41, 5.74) is 1.23. The standard InChI is InChI=1S/C17H31N5/c1-14(2)22(15(3)4)12-11-21-17(18-5)20-10-8-16-7-6-9-19-13-16/h6-7,9,13-15H,8,10-12H2,1-5H3,(H2,18,20,21). The molecule has 1 aromatic heterocycles. The predicted octanol–water partition coefficient (Wildman–Crippen LogP) is 1.91. The van der Waals surface area contributed by atoms with Crippen LogP contribution < -0.4 is 10.6 Å². The number of hydrogen-bond acceptors (Lipinski definition) is 3. The minimum atomic E-state index is 0.558. The Labute approximate surface area is 135 Å². The molecule has 1 aromatic rings. The van der Waals surface area contributed by atoms with Gasteiger partial charge in [-0.15, -0.1) is 0 Å². The molecule has 5 heteroatoms. The zero-order valence-electron chi connectivity index (χ0n) is 14.6. The molecular weight excluding hydrogens is 274 g/mol. The van der Waals surface area contributed by atoms with Crippen LogP contribution in [0.4, 0.5) is 0 Å². The summed E-state index contributed by atoms with van der Waals surface area (Å²) in [5.74, 6) is 0.858. The fraction of sp³-hybridized carbons (Fsp3) is 0.647. The first-order valence-corrected chi connectivity index (χ1v) is 8.13. The lowest BCUT2D eigenvalue weighted by Crippen LogP contribution is -2.45. The molecule has 0 fully saturated rings. The summed E-state index contributed by atoms with van der Waals surface area (Å²) >= 11 is 0. The molecule has 124 valence electrons. The van der Waals surface area contributed by atoms with Gasteiger partial charge in [-0.2, -0.15) is 0 Å². The number of aromatic nitrogens is 1. The molecule has 0 aliphatic carbocycles. The summed E-state index contributed by atoms with van der Waals surface area (Å²) in [7, 11) is 1.81. The number of nitrogens with one attached hydrogen (secondary N) is 2. The van der Waals surface area contributed by atoms with Crippen molar-refractivity contribution in [3.63, 3.8) is 0 Å². The van der Waals surface area contributed by atoms with Gasteiger partial charge in [0.05, 0.1) is 0 Å². The van der Waals surface area contributed by atoms with Gasteiger partial charge >= 0.3 is 0 Å². The Morgan fingerprint density at radius 3 is 2.41 bits per heavy atom. The van der Waals surface area contributed by atoms with Crippen molar-refractivity contribution in [2.45, 2.75) is 46.2 Å². The number of pyridine rings is 1. The lowest BCUT2D eigenvalue weighted by atomic mass is 10.2. The van der Waals surface area contributed by atoms with E-state index in [2.05, 4.69) is 59.3 Å². The molecule has 0 radical (unpaired) electrons. The summed E-state index contributed by atoms with van der Waals surface area (Å²) in [6, 6.07) is 5.17. The minimum Gasteiger partial charge on any atom is -0.356 e. The smallest absolute Gasteiger partial charge is 0.191 e. The third-order valence-corrected chi connectivity index (χ3v) is 3.64. The van der Waals surface area contributed by atoms with Crippen LogP contribution in [0.3, 0.4) is 0 Å². The van der Waals surface area contributed by atoms with E-state index in [4.69, 9.17) is 0 Å². The molecule has 0 aliphatic heterocycles. The molecule has 1 heterocycles. The number of nitrogens with zero attached hydrogens (tertiary/aromatic N) is 3. The van der Waals surface area contributed by atoms with E-state index in [0.29, 0.717) is 12.1 Å². The summed E-state index contributed by atoms with van der Waals surface area (Å²) in [5, 5.41) is 6.72. The first-order chi connectivity index (χ1) is 10.5. The maximum Gasteiger partial charge on any atom is 0.191 e. The van der Waals surface area contributed by atoms with Crippen LogP contribution in [0, 0.1) is 0 Å². The number of aliphatic imine (C=N–C) groups is 1. The zero-order valence-corrected chi connectivity index (χ0v) is 14.6. The van der Waals surface area contributed by atoms with Gasteiger partial charge in [0, 0.05) is 51.2 Å². The lowest BCUT2D eigenvalue weighted by Gasteiger charge is -2.30. The highest BCUT2D eigenvalue weighted by Gasteiger charge is 2.12. The quantitative estimate of drug-likeness (QED) is 0.569. The number of rotatable bonds is 8. The Hall–Kier alpha value is -1.62. The molecule has 5 nitrogen and oxygen atoms in total. The lowest BCUT2D eigenvalue weighted by molar-refractivity contribution is 0.178. The Bertz CT molecular complexity index is 420. The highest BCUT2D eigenvalue weighted by molar-refractivity contribution is 5.79. The maximum absolute atomic E-state index is 4.27. The van der Waals surface area contributed by atoms with Gasteiger partial charge in [-0.1, -0.05) is 6.07 Å². The molecule has 0 spiro atoms. The van der Waals surface area contributed by atoms with Gasteiger partial charge in [0.2, 0.25) is 0 Å². The molecule has 0 amide bonds. The van der Waals surface area contributed by atoms with Crippen LogP contribution in [0.5, 0.6) is 0 Å². The fourth-order valence-corrected chi connectivity index (χ4v) is 2.51. The summed E-state index contributed by atoms with van der Waals surface area (Å²) in [4.78, 5) is 10.9. The van der Waals surface area contributed by atoms with Crippen LogP contribution in [0.1, 0.15) is 33.3 Å². The predicted molar refractivity (Wildman–Crippen MR) is 94.3 cm³/mol. The van der Waals surface area contributed by atoms with Crippen molar-refractivity contribution >= 4 is 5.96 Å². The van der Waals surface area contributed by atoms with Gasteiger partial charge in [0.1, 0.15) is 0 Å². The van der Waals surface area contributed by atoms with Gasteiger partial charge in [-0.25, -0.2) is 0 Å². The van der Waals surface area contributed by atoms with E-state index in [-0.39, 0.29) is 0 Å². The maximum atomic E-state index is 4.27. The fourth-order valence-electron chi connectivity index (χ4n) is 2.51. The van der Waals surface area contributed by atoms with E-state index < -0.39 is 0 Å². The Morgan fingerprint density at radius 1 is 1.18 bits per heavy atom. The molecule has 0 saturated heterocycles. The topological polar surface area (TPSA) is 52.6 Å². The van der Waals surface area contributed by atoms with Crippen LogP contribution in [0.2, 0.25) is 0 Å². The molecule has 1 rings (SSSR count). The second kappa shape index (κ2) is 10.2. The summed E-state index contributed by atoms with van der Waals surface area (Å²) in [6.07, 6.45) is 4.65. The summed E-state index contributed by atoms with van der Waals surface area (Å²) in [6.45, 7) is 11.7. The zero-order chi connectivity index (χ0) is 16.4. The minimum absolute atomic E-state index is 0.558. The molecule has 0 bridgehead atoms. The van der Waals surface area contributed by atoms with E-state index in [9.17, 15) is 0 Å². The largest absolute Gasteiger partial charge is 0.356 e. The van der Waals surface area contributed by atoms with Gasteiger partial charge < -0.3 is 10.6 Å². The average Bonchev–Trinajstić information content (AvgIpc) is 2.49. The molecular formula is C17H31N5. The molecule has 0 saturated carbocycles. The van der Waals surface area contributed by atoms with E-state index in [1.807, 2.05) is 19.3 Å². The molecule has 0 aliphatic rings. The van der Waals surface area contributed by atoms with E-state index in [1.165, 1.54) is 5.56 Å². The third-order valence-electron chi connectivity index (χ3n) is 3.64. The molecule has 2 N–H and O–H groups in total. The van der Waals surface area contributed by atoms with Crippen molar-refractivity contribution in [1.29, 1.82) is 0 Å². The Balaban J connectivity index is 2.28. The monoisotopic (exact) mass is 305 g/mol. The average molecular weight is 305 g/mol. The van der Waals surface area contributed by atoms with Gasteiger partial charge in [-0.05, 0) is 45.7 Å². The third kappa shape index (κ3) is 6.89. The van der Waals surface area contributed by atoms with Crippen molar-refractivity contribution in [3.05, 3.63) is 30.1 Å². The van der Waals surface area contributed by atoms with Crippen molar-refractivity contribution in [1.82, 2.24) is 20.5 Å². The Kier molecular flexibility index (Phi) is 8.51. The van der Waals surface area contributed by atoms with Crippen molar-refractivity contribution in [3.8, 4) is 0 Å². The number of guanidine groups is 1. The normalized spacial score (nSPS) is 12.3. The van der Waals surface area contributed by atoms with Crippen molar-refractivity contribution < 1.29 is 0 Å². The van der Waals surface area contributed by atoms with E-state index in [1.54, 1.807) is 6.20 Å². The van der Waals surface area contributed by atoms with Gasteiger partial charge in [0.15, 0.2) is 5.96 Å². The molecule has 0 aromatic carbocycles. The van der Waals surface area contributed by atoms with Crippen LogP contribution >= 0.6 is 0 Å². The van der Waals surface area contributed by atoms with Crippen molar-refractivity contribution in [2.75, 3.05) is 26.7 Å². The second-order valence-corrected chi connectivity index (χ2v) is 5.96. The SMILES string of the molecule is CN=C(NCCc1cccnc1)NCCN(C(C)C)C(C)C. The molecule has 22 heavy (non-hydrogen) atoms. The summed E-state index contributed by atoms with van der Waals surface area (Å²) < 4.78 is 0. The first-order valence-electron chi connectivity index (χ1n) is 8.13. The van der Waals surface area contributed by atoms with Crippen LogP contribution in [0.15, 0.2) is 29.5 Å². The van der Waals surface area contributed by atoms with Gasteiger partial charge in [-0.3, -0.25) is 14.9 Å². The van der Waals surface area contributed by atoms with E-state index >= 15 is 0 Å². The Morgan fingerprint density at radius 2 is 1.86 bits per heavy atom. The van der Waals surface area contributed by atoms with Crippen molar-refractivity contribution in [2.24, 2.45) is 4.99 Å². The molecule has 0 atom stereocenters. The van der Waals surface area contributed by atoms with Crippen LogP contribution in [-0.4, -0.2) is 54.6 Å². The number of hydrogen-bond donors (Lipinski definition) is 2.